The van der Waals surface area contributed by atoms with Crippen LogP contribution in [0, 0.1) is 5.92 Å². The van der Waals surface area contributed by atoms with Gasteiger partial charge in [0.15, 0.2) is 0 Å². The van der Waals surface area contributed by atoms with Crippen LogP contribution in [0.2, 0.25) is 0 Å². The minimum atomic E-state index is 0.0273. The number of nitrogens with zero attached hydrogens (tertiary/aromatic N) is 3. The number of benzene rings is 1. The molecule has 2 aliphatic rings. The lowest BCUT2D eigenvalue weighted by atomic mass is 9.84. The number of amides is 1. The highest BCUT2D eigenvalue weighted by atomic mass is 16.5. The molecule has 1 unspecified atom stereocenters. The Morgan fingerprint density at radius 2 is 2.00 bits per heavy atom. The number of aromatic nitrogens is 2. The second-order valence-corrected chi connectivity index (χ2v) is 6.14. The summed E-state index contributed by atoms with van der Waals surface area (Å²) >= 11 is 0. The Bertz CT molecular complexity index is 699. The molecule has 0 bridgehead atoms. The van der Waals surface area contributed by atoms with E-state index in [0.717, 1.165) is 36.8 Å². The average Bonchev–Trinajstić information content (AvgIpc) is 2.94. The lowest BCUT2D eigenvalue weighted by Crippen LogP contribution is -2.38. The van der Waals surface area contributed by atoms with Crippen LogP contribution in [0.25, 0.3) is 11.0 Å². The Morgan fingerprint density at radius 3 is 2.77 bits per heavy atom. The largest absolute Gasteiger partial charge is 0.471 e. The summed E-state index contributed by atoms with van der Waals surface area (Å²) in [4.78, 5) is 23.0. The van der Waals surface area contributed by atoms with Gasteiger partial charge in [-0.2, -0.15) is 0 Å². The summed E-state index contributed by atoms with van der Waals surface area (Å²) in [5.41, 5.74) is 1.70. The fraction of sp³-hybridized carbons (Fsp3) is 0.471. The van der Waals surface area contributed by atoms with Crippen LogP contribution < -0.4 is 4.74 Å². The van der Waals surface area contributed by atoms with Crippen LogP contribution >= 0.6 is 0 Å². The highest BCUT2D eigenvalue weighted by Gasteiger charge is 2.34. The fourth-order valence-corrected chi connectivity index (χ4v) is 3.11. The molecule has 5 heteroatoms. The molecule has 1 saturated carbocycles. The topological polar surface area (TPSA) is 55.3 Å². The smallest absolute Gasteiger partial charge is 0.233 e. The number of carbonyl (C=O) groups is 1. The SMILES string of the molecule is O=C(C1CCC1)N1CCC(Oc2cnc3ccccc3n2)C1. The summed E-state index contributed by atoms with van der Waals surface area (Å²) in [6.07, 6.45) is 5.86. The zero-order valence-electron chi connectivity index (χ0n) is 12.4. The molecule has 1 aromatic carbocycles. The maximum atomic E-state index is 12.2. The molecule has 2 fully saturated rings. The lowest BCUT2D eigenvalue weighted by molar-refractivity contribution is -0.137. The number of hydrogen-bond acceptors (Lipinski definition) is 4. The molecule has 0 radical (unpaired) electrons. The van der Waals surface area contributed by atoms with Gasteiger partial charge in [0.05, 0.1) is 23.8 Å². The molecule has 0 spiro atoms. The van der Waals surface area contributed by atoms with Gasteiger partial charge in [0.2, 0.25) is 11.8 Å². The number of carbonyl (C=O) groups excluding carboxylic acids is 1. The highest BCUT2D eigenvalue weighted by molar-refractivity contribution is 5.80. The van der Waals surface area contributed by atoms with Gasteiger partial charge in [-0.15, -0.1) is 0 Å². The van der Waals surface area contributed by atoms with E-state index >= 15 is 0 Å². The van der Waals surface area contributed by atoms with E-state index < -0.39 is 0 Å². The zero-order chi connectivity index (χ0) is 14.9. The molecule has 4 rings (SSSR count). The summed E-state index contributed by atoms with van der Waals surface area (Å²) in [5, 5.41) is 0. The van der Waals surface area contributed by atoms with E-state index in [1.807, 2.05) is 29.2 Å². The predicted octanol–water partition coefficient (Wildman–Crippen LogP) is 2.41. The first-order chi connectivity index (χ1) is 10.8. The van der Waals surface area contributed by atoms with Gasteiger partial charge in [-0.1, -0.05) is 18.6 Å². The van der Waals surface area contributed by atoms with Crippen molar-refractivity contribution in [3.05, 3.63) is 30.5 Å². The van der Waals surface area contributed by atoms with Crippen LogP contribution in [0.1, 0.15) is 25.7 Å². The van der Waals surface area contributed by atoms with Gasteiger partial charge in [0.1, 0.15) is 6.10 Å². The lowest BCUT2D eigenvalue weighted by Gasteiger charge is -2.29. The minimum Gasteiger partial charge on any atom is -0.471 e. The predicted molar refractivity (Wildman–Crippen MR) is 82.5 cm³/mol. The van der Waals surface area contributed by atoms with E-state index in [0.29, 0.717) is 18.3 Å². The standard InChI is InChI=1S/C17H19N3O2/c21-17(12-4-3-5-12)20-9-8-13(11-20)22-16-10-18-14-6-1-2-7-15(14)19-16/h1-2,6-7,10,12-13H,3-5,8-9,11H2. The third-order valence-electron chi connectivity index (χ3n) is 4.62. The van der Waals surface area contributed by atoms with Gasteiger partial charge < -0.3 is 9.64 Å². The molecule has 22 heavy (non-hydrogen) atoms. The number of rotatable bonds is 3. The molecular formula is C17H19N3O2. The number of fused-ring (bicyclic) bond motifs is 1. The van der Waals surface area contributed by atoms with Crippen molar-refractivity contribution in [1.29, 1.82) is 0 Å². The van der Waals surface area contributed by atoms with Crippen molar-refractivity contribution in [2.24, 2.45) is 5.92 Å². The van der Waals surface area contributed by atoms with Gasteiger partial charge in [0.25, 0.3) is 0 Å². The normalized spacial score (nSPS) is 21.8. The quantitative estimate of drug-likeness (QED) is 0.873. The first-order valence-electron chi connectivity index (χ1n) is 7.97. The molecule has 1 aliphatic carbocycles. The molecule has 1 atom stereocenters. The molecule has 114 valence electrons. The molecule has 5 nitrogen and oxygen atoms in total. The second kappa shape index (κ2) is 5.55. The zero-order valence-corrected chi connectivity index (χ0v) is 12.4. The van der Waals surface area contributed by atoms with Crippen LogP contribution in [0.15, 0.2) is 30.5 Å². The number of para-hydroxylation sites is 2. The Labute approximate surface area is 129 Å². The third kappa shape index (κ3) is 2.51. The first-order valence-corrected chi connectivity index (χ1v) is 7.97. The van der Waals surface area contributed by atoms with E-state index in [9.17, 15) is 4.79 Å². The van der Waals surface area contributed by atoms with Gasteiger partial charge in [0, 0.05) is 18.9 Å². The van der Waals surface area contributed by atoms with E-state index in [-0.39, 0.29) is 12.0 Å². The van der Waals surface area contributed by atoms with E-state index in [1.165, 1.54) is 6.42 Å². The molecule has 1 aromatic heterocycles. The summed E-state index contributed by atoms with van der Waals surface area (Å²) in [5.74, 6) is 1.11. The molecule has 2 aromatic rings. The Hall–Kier alpha value is -2.17. The average molecular weight is 297 g/mol. The molecule has 1 amide bonds. The van der Waals surface area contributed by atoms with E-state index in [1.54, 1.807) is 6.20 Å². The second-order valence-electron chi connectivity index (χ2n) is 6.14. The van der Waals surface area contributed by atoms with E-state index in [2.05, 4.69) is 9.97 Å². The summed E-state index contributed by atoms with van der Waals surface area (Å²) in [6, 6.07) is 7.74. The van der Waals surface area contributed by atoms with Gasteiger partial charge in [-0.05, 0) is 25.0 Å². The highest BCUT2D eigenvalue weighted by Crippen LogP contribution is 2.30. The Kier molecular flexibility index (Phi) is 3.41. The molecule has 1 saturated heterocycles. The summed E-state index contributed by atoms with van der Waals surface area (Å²) < 4.78 is 5.93. The summed E-state index contributed by atoms with van der Waals surface area (Å²) in [7, 11) is 0. The van der Waals surface area contributed by atoms with Crippen LogP contribution in [0.5, 0.6) is 5.88 Å². The maximum absolute atomic E-state index is 12.2. The summed E-state index contributed by atoms with van der Waals surface area (Å²) in [6.45, 7) is 1.46. The fourth-order valence-electron chi connectivity index (χ4n) is 3.11. The van der Waals surface area contributed by atoms with Gasteiger partial charge in [-0.3, -0.25) is 4.79 Å². The third-order valence-corrected chi connectivity index (χ3v) is 4.62. The van der Waals surface area contributed by atoms with Crippen molar-refractivity contribution in [2.75, 3.05) is 13.1 Å². The van der Waals surface area contributed by atoms with Crippen molar-refractivity contribution < 1.29 is 9.53 Å². The van der Waals surface area contributed by atoms with Crippen molar-refractivity contribution in [2.45, 2.75) is 31.8 Å². The van der Waals surface area contributed by atoms with E-state index in [4.69, 9.17) is 4.74 Å². The van der Waals surface area contributed by atoms with Crippen molar-refractivity contribution in [3.8, 4) is 5.88 Å². The van der Waals surface area contributed by atoms with Crippen LogP contribution in [0.4, 0.5) is 0 Å². The number of likely N-dealkylation sites (tertiary alicyclic amines) is 1. The van der Waals surface area contributed by atoms with Gasteiger partial charge in [-0.25, -0.2) is 9.97 Å². The molecule has 1 aliphatic heterocycles. The molecule has 2 heterocycles. The van der Waals surface area contributed by atoms with Crippen LogP contribution in [0.3, 0.4) is 0 Å². The Balaban J connectivity index is 1.41. The number of ether oxygens (including phenoxy) is 1. The van der Waals surface area contributed by atoms with Crippen molar-refractivity contribution >= 4 is 16.9 Å². The molecular weight excluding hydrogens is 278 g/mol. The number of hydrogen-bond donors (Lipinski definition) is 0. The maximum Gasteiger partial charge on any atom is 0.233 e. The monoisotopic (exact) mass is 297 g/mol. The minimum absolute atomic E-state index is 0.0273. The van der Waals surface area contributed by atoms with Gasteiger partial charge >= 0.3 is 0 Å². The van der Waals surface area contributed by atoms with Crippen molar-refractivity contribution in [3.63, 3.8) is 0 Å². The van der Waals surface area contributed by atoms with Crippen molar-refractivity contribution in [1.82, 2.24) is 14.9 Å². The molecule has 0 N–H and O–H groups in total. The first kappa shape index (κ1) is 13.5. The van der Waals surface area contributed by atoms with Crippen LogP contribution in [-0.2, 0) is 4.79 Å². The Morgan fingerprint density at radius 1 is 1.18 bits per heavy atom. The van der Waals surface area contributed by atoms with Crippen LogP contribution in [-0.4, -0.2) is 40.0 Å².